The van der Waals surface area contributed by atoms with Crippen molar-refractivity contribution >= 4 is 11.7 Å². The van der Waals surface area contributed by atoms with E-state index in [1.165, 1.54) is 0 Å². The van der Waals surface area contributed by atoms with Crippen LogP contribution in [0.25, 0.3) is 0 Å². The molecule has 3 N–H and O–H groups in total. The van der Waals surface area contributed by atoms with Gasteiger partial charge in [0.15, 0.2) is 5.76 Å². The average molecular weight is 315 g/mol. The van der Waals surface area contributed by atoms with Gasteiger partial charge in [0.05, 0.1) is 12.1 Å². The number of aromatic nitrogens is 1. The van der Waals surface area contributed by atoms with Gasteiger partial charge in [-0.2, -0.15) is 0 Å². The Balaban J connectivity index is 1.81. The zero-order valence-corrected chi connectivity index (χ0v) is 13.3. The third-order valence-electron chi connectivity index (χ3n) is 4.48. The van der Waals surface area contributed by atoms with E-state index in [9.17, 15) is 9.90 Å². The summed E-state index contributed by atoms with van der Waals surface area (Å²) in [7, 11) is 0. The monoisotopic (exact) mass is 315 g/mol. The highest BCUT2D eigenvalue weighted by Crippen LogP contribution is 2.36. The number of aliphatic hydroxyl groups excluding tert-OH is 1. The number of aryl methyl sites for hydroxylation is 3. The van der Waals surface area contributed by atoms with Gasteiger partial charge in [-0.15, -0.1) is 0 Å². The normalized spacial score (nSPS) is 19.4. The number of fused-ring (bicyclic) bond motifs is 1. The zero-order chi connectivity index (χ0) is 16.4. The number of nitrogens with zero attached hydrogens (tertiary/aromatic N) is 1. The maximum absolute atomic E-state index is 12.5. The largest absolute Gasteiger partial charge is 0.394 e. The van der Waals surface area contributed by atoms with Crippen LogP contribution in [0.5, 0.6) is 0 Å². The van der Waals surface area contributed by atoms with Crippen LogP contribution in [0, 0.1) is 6.92 Å². The van der Waals surface area contributed by atoms with E-state index in [0.717, 1.165) is 17.5 Å². The molecule has 6 nitrogen and oxygen atoms in total. The molecule has 122 valence electrons. The lowest BCUT2D eigenvalue weighted by Crippen LogP contribution is -2.49. The Morgan fingerprint density at radius 3 is 2.96 bits per heavy atom. The van der Waals surface area contributed by atoms with E-state index in [4.69, 9.17) is 4.52 Å². The first-order valence-electron chi connectivity index (χ1n) is 7.83. The quantitative estimate of drug-likeness (QED) is 0.809. The van der Waals surface area contributed by atoms with Crippen molar-refractivity contribution in [1.29, 1.82) is 0 Å². The molecule has 6 heteroatoms. The van der Waals surface area contributed by atoms with Gasteiger partial charge < -0.3 is 20.3 Å². The topological polar surface area (TPSA) is 87.4 Å². The lowest BCUT2D eigenvalue weighted by molar-refractivity contribution is 0.164. The van der Waals surface area contributed by atoms with E-state index in [2.05, 4.69) is 15.8 Å². The Kier molecular flexibility index (Phi) is 4.09. The smallest absolute Gasteiger partial charge is 0.320 e. The summed E-state index contributed by atoms with van der Waals surface area (Å²) in [5, 5.41) is 19.6. The molecule has 0 aliphatic heterocycles. The van der Waals surface area contributed by atoms with E-state index in [-0.39, 0.29) is 12.6 Å². The number of anilines is 1. The highest BCUT2D eigenvalue weighted by molar-refractivity contribution is 5.91. The number of benzene rings is 1. The van der Waals surface area contributed by atoms with E-state index in [1.54, 1.807) is 6.92 Å². The van der Waals surface area contributed by atoms with Crippen molar-refractivity contribution < 1.29 is 14.4 Å². The van der Waals surface area contributed by atoms with Crippen molar-refractivity contribution in [2.75, 3.05) is 11.9 Å². The summed E-state index contributed by atoms with van der Waals surface area (Å²) in [6, 6.07) is 7.53. The molecular weight excluding hydrogens is 294 g/mol. The van der Waals surface area contributed by atoms with Crippen molar-refractivity contribution in [1.82, 2.24) is 10.5 Å². The Hall–Kier alpha value is -2.34. The van der Waals surface area contributed by atoms with Gasteiger partial charge in [-0.25, -0.2) is 4.79 Å². The molecule has 2 aromatic rings. The van der Waals surface area contributed by atoms with Crippen molar-refractivity contribution in [3.63, 3.8) is 0 Å². The Labute approximate surface area is 134 Å². The summed E-state index contributed by atoms with van der Waals surface area (Å²) in [6.07, 6.45) is 2.18. The lowest BCUT2D eigenvalue weighted by atomic mass is 9.93. The van der Waals surface area contributed by atoms with Crippen molar-refractivity contribution in [3.05, 3.63) is 46.8 Å². The highest BCUT2D eigenvalue weighted by atomic mass is 16.5. The van der Waals surface area contributed by atoms with E-state index in [1.807, 2.05) is 31.2 Å². The van der Waals surface area contributed by atoms with Gasteiger partial charge in [-0.05, 0) is 37.3 Å². The van der Waals surface area contributed by atoms with Gasteiger partial charge in [0, 0.05) is 0 Å². The predicted molar refractivity (Wildman–Crippen MR) is 86.3 cm³/mol. The Morgan fingerprint density at radius 1 is 1.43 bits per heavy atom. The molecule has 0 saturated heterocycles. The fraction of sp³-hybridized carbons (Fsp3) is 0.412. The Morgan fingerprint density at radius 2 is 2.22 bits per heavy atom. The molecule has 0 fully saturated rings. The lowest BCUT2D eigenvalue weighted by Gasteiger charge is -2.29. The van der Waals surface area contributed by atoms with Gasteiger partial charge in [0.2, 0.25) is 0 Å². The van der Waals surface area contributed by atoms with Gasteiger partial charge in [-0.3, -0.25) is 0 Å². The first kappa shape index (κ1) is 15.6. The van der Waals surface area contributed by atoms with Crippen LogP contribution < -0.4 is 10.6 Å². The molecule has 0 spiro atoms. The van der Waals surface area contributed by atoms with Crippen LogP contribution in [0.1, 0.15) is 35.9 Å². The summed E-state index contributed by atoms with van der Waals surface area (Å²) in [4.78, 5) is 12.5. The number of rotatable bonds is 4. The number of aliphatic hydroxyl groups is 1. The van der Waals surface area contributed by atoms with Gasteiger partial charge >= 0.3 is 6.03 Å². The van der Waals surface area contributed by atoms with Crippen LogP contribution in [0.15, 0.2) is 28.8 Å². The maximum atomic E-state index is 12.5. The first-order chi connectivity index (χ1) is 11.1. The molecule has 23 heavy (non-hydrogen) atoms. The summed E-state index contributed by atoms with van der Waals surface area (Å²) in [5.41, 5.74) is 2.72. The third-order valence-corrected chi connectivity index (χ3v) is 4.48. The number of hydrogen-bond acceptors (Lipinski definition) is 4. The molecule has 2 amide bonds. The van der Waals surface area contributed by atoms with Crippen LogP contribution in [0.4, 0.5) is 10.5 Å². The van der Waals surface area contributed by atoms with Crippen molar-refractivity contribution in [2.24, 2.45) is 0 Å². The minimum absolute atomic E-state index is 0.138. The fourth-order valence-corrected chi connectivity index (χ4v) is 3.20. The summed E-state index contributed by atoms with van der Waals surface area (Å²) in [5.74, 6) is 0.571. The zero-order valence-electron chi connectivity index (χ0n) is 13.3. The molecule has 1 unspecified atom stereocenters. The minimum Gasteiger partial charge on any atom is -0.394 e. The van der Waals surface area contributed by atoms with Gasteiger partial charge in [-0.1, -0.05) is 36.3 Å². The molecule has 1 aromatic carbocycles. The molecular formula is C17H21N3O3. The minimum atomic E-state index is -0.738. The number of carbonyl (C=O) groups is 1. The summed E-state index contributed by atoms with van der Waals surface area (Å²) < 4.78 is 5.12. The molecule has 1 aromatic heterocycles. The van der Waals surface area contributed by atoms with Crippen LogP contribution in [-0.2, 0) is 18.4 Å². The molecule has 1 aliphatic rings. The SMILES string of the molecule is CCc1noc(C)c1NC(=O)NC1(CO)CCc2ccccc21. The number of urea groups is 1. The molecule has 0 radical (unpaired) electrons. The second kappa shape index (κ2) is 6.04. The Bertz CT molecular complexity index is 726. The average Bonchev–Trinajstić information content (AvgIpc) is 3.10. The molecule has 0 bridgehead atoms. The van der Waals surface area contributed by atoms with E-state index in [0.29, 0.717) is 30.0 Å². The van der Waals surface area contributed by atoms with Gasteiger partial charge in [0.25, 0.3) is 0 Å². The van der Waals surface area contributed by atoms with Gasteiger partial charge in [0.1, 0.15) is 11.4 Å². The third kappa shape index (κ3) is 2.70. The van der Waals surface area contributed by atoms with Crippen LogP contribution in [-0.4, -0.2) is 22.9 Å². The molecule has 1 atom stereocenters. The standard InChI is InChI=1S/C17H21N3O3/c1-3-14-15(11(2)23-20-14)18-16(22)19-17(10-21)9-8-12-6-4-5-7-13(12)17/h4-7,21H,3,8-10H2,1-2H3,(H2,18,19,22). The highest BCUT2D eigenvalue weighted by Gasteiger charge is 2.39. The number of nitrogens with one attached hydrogen (secondary N) is 2. The number of carbonyl (C=O) groups excluding carboxylic acids is 1. The van der Waals surface area contributed by atoms with Crippen LogP contribution in [0.2, 0.25) is 0 Å². The fourth-order valence-electron chi connectivity index (χ4n) is 3.20. The van der Waals surface area contributed by atoms with Crippen molar-refractivity contribution in [3.8, 4) is 0 Å². The maximum Gasteiger partial charge on any atom is 0.320 e. The molecule has 1 aliphatic carbocycles. The van der Waals surface area contributed by atoms with Crippen molar-refractivity contribution in [2.45, 2.75) is 38.6 Å². The molecule has 3 rings (SSSR count). The summed E-state index contributed by atoms with van der Waals surface area (Å²) >= 11 is 0. The first-order valence-corrected chi connectivity index (χ1v) is 7.83. The molecule has 1 heterocycles. The van der Waals surface area contributed by atoms with Crippen LogP contribution >= 0.6 is 0 Å². The second-order valence-electron chi connectivity index (χ2n) is 5.89. The second-order valence-corrected chi connectivity index (χ2v) is 5.89. The van der Waals surface area contributed by atoms with E-state index >= 15 is 0 Å². The number of amides is 2. The van der Waals surface area contributed by atoms with Crippen LogP contribution in [0.3, 0.4) is 0 Å². The predicted octanol–water partition coefficient (Wildman–Crippen LogP) is 2.50. The number of hydrogen-bond donors (Lipinski definition) is 3. The van der Waals surface area contributed by atoms with E-state index < -0.39 is 5.54 Å². The molecule has 0 saturated carbocycles. The summed E-state index contributed by atoms with van der Waals surface area (Å²) in [6.45, 7) is 3.57.